The highest BCUT2D eigenvalue weighted by molar-refractivity contribution is 9.10. The minimum absolute atomic E-state index is 0.180. The first-order chi connectivity index (χ1) is 9.03. The molecule has 7 heteroatoms. The first-order valence-corrected chi connectivity index (χ1v) is 7.72. The van der Waals surface area contributed by atoms with Crippen LogP contribution < -0.4 is 10.5 Å². The molecule has 2 rings (SSSR count). The Balaban J connectivity index is 2.35. The molecular formula is C12H12BrN3O2S. The second kappa shape index (κ2) is 5.68. The zero-order chi connectivity index (χ0) is 13.9. The van der Waals surface area contributed by atoms with Gasteiger partial charge in [0.15, 0.2) is 0 Å². The molecule has 1 heterocycles. The molecule has 1 aromatic carbocycles. The maximum absolute atomic E-state index is 12.2. The Hall–Kier alpha value is -1.44. The smallest absolute Gasteiger partial charge is 0.261 e. The van der Waals surface area contributed by atoms with E-state index in [4.69, 9.17) is 5.73 Å². The van der Waals surface area contributed by atoms with Crippen LogP contribution >= 0.6 is 15.9 Å². The molecule has 0 bridgehead atoms. The fraction of sp³-hybridized carbons (Fsp3) is 0.0833. The largest absolute Gasteiger partial charge is 0.326 e. The third-order valence-electron chi connectivity index (χ3n) is 2.46. The van der Waals surface area contributed by atoms with Gasteiger partial charge in [0, 0.05) is 18.9 Å². The van der Waals surface area contributed by atoms with Crippen LogP contribution in [0.15, 0.2) is 52.1 Å². The lowest BCUT2D eigenvalue weighted by Crippen LogP contribution is -2.14. The van der Waals surface area contributed by atoms with E-state index in [1.165, 1.54) is 18.5 Å². The molecule has 0 saturated heterocycles. The topological polar surface area (TPSA) is 85.1 Å². The van der Waals surface area contributed by atoms with Crippen molar-refractivity contribution in [1.82, 2.24) is 4.98 Å². The molecule has 0 aliphatic carbocycles. The SMILES string of the molecule is NCc1cccc(S(=O)(=O)Nc2ccncc2Br)c1. The summed E-state index contributed by atoms with van der Waals surface area (Å²) in [4.78, 5) is 4.06. The molecule has 0 atom stereocenters. The molecular weight excluding hydrogens is 330 g/mol. The van der Waals surface area contributed by atoms with E-state index in [1.54, 1.807) is 24.3 Å². The molecule has 1 aromatic heterocycles. The number of pyridine rings is 1. The number of nitrogens with two attached hydrogens (primary N) is 1. The summed E-state index contributed by atoms with van der Waals surface area (Å²) < 4.78 is 27.5. The van der Waals surface area contributed by atoms with Gasteiger partial charge in [-0.1, -0.05) is 12.1 Å². The Labute approximate surface area is 120 Å². The predicted molar refractivity (Wildman–Crippen MR) is 77.1 cm³/mol. The molecule has 100 valence electrons. The van der Waals surface area contributed by atoms with Crippen molar-refractivity contribution in [2.45, 2.75) is 11.4 Å². The number of nitrogens with one attached hydrogen (secondary N) is 1. The Morgan fingerprint density at radius 1 is 1.32 bits per heavy atom. The van der Waals surface area contributed by atoms with E-state index in [-0.39, 0.29) is 4.90 Å². The zero-order valence-corrected chi connectivity index (χ0v) is 12.3. The van der Waals surface area contributed by atoms with Crippen LogP contribution in [0.25, 0.3) is 0 Å². The summed E-state index contributed by atoms with van der Waals surface area (Å²) in [6.07, 6.45) is 3.03. The van der Waals surface area contributed by atoms with Gasteiger partial charge in [-0.15, -0.1) is 0 Å². The van der Waals surface area contributed by atoms with Gasteiger partial charge < -0.3 is 5.73 Å². The molecule has 0 saturated carbocycles. The molecule has 0 radical (unpaired) electrons. The van der Waals surface area contributed by atoms with Crippen molar-refractivity contribution in [3.63, 3.8) is 0 Å². The second-order valence-corrected chi connectivity index (χ2v) is 6.35. The van der Waals surface area contributed by atoms with E-state index in [0.717, 1.165) is 5.56 Å². The van der Waals surface area contributed by atoms with Crippen LogP contribution in [0.3, 0.4) is 0 Å². The average molecular weight is 342 g/mol. The lowest BCUT2D eigenvalue weighted by atomic mass is 10.2. The molecule has 0 unspecified atom stereocenters. The Bertz CT molecular complexity index is 689. The van der Waals surface area contributed by atoms with Gasteiger partial charge in [-0.25, -0.2) is 8.42 Å². The minimum atomic E-state index is -3.63. The fourth-order valence-electron chi connectivity index (χ4n) is 1.50. The molecule has 0 aliphatic heterocycles. The summed E-state index contributed by atoms with van der Waals surface area (Å²) in [6, 6.07) is 8.10. The van der Waals surface area contributed by atoms with E-state index in [2.05, 4.69) is 25.6 Å². The molecule has 3 N–H and O–H groups in total. The van der Waals surface area contributed by atoms with Crippen molar-refractivity contribution in [2.75, 3.05) is 4.72 Å². The third-order valence-corrected chi connectivity index (χ3v) is 4.46. The highest BCUT2D eigenvalue weighted by Gasteiger charge is 2.15. The van der Waals surface area contributed by atoms with Gasteiger partial charge in [-0.3, -0.25) is 9.71 Å². The lowest BCUT2D eigenvalue weighted by molar-refractivity contribution is 0.601. The predicted octanol–water partition coefficient (Wildman–Crippen LogP) is 2.10. The van der Waals surface area contributed by atoms with Gasteiger partial charge in [0.2, 0.25) is 0 Å². The van der Waals surface area contributed by atoms with Gasteiger partial charge in [0.25, 0.3) is 10.0 Å². The van der Waals surface area contributed by atoms with Crippen LogP contribution in [0, 0.1) is 0 Å². The third kappa shape index (κ3) is 3.31. The minimum Gasteiger partial charge on any atom is -0.326 e. The van der Waals surface area contributed by atoms with E-state index < -0.39 is 10.0 Å². The molecule has 19 heavy (non-hydrogen) atoms. The number of anilines is 1. The van der Waals surface area contributed by atoms with Crippen LogP contribution in [0.1, 0.15) is 5.56 Å². The molecule has 0 aliphatic rings. The fourth-order valence-corrected chi connectivity index (χ4v) is 3.13. The molecule has 0 fully saturated rings. The molecule has 2 aromatic rings. The summed E-state index contributed by atoms with van der Waals surface area (Å²) in [6.45, 7) is 0.294. The monoisotopic (exact) mass is 341 g/mol. The van der Waals surface area contributed by atoms with Crippen molar-refractivity contribution in [3.8, 4) is 0 Å². The Kier molecular flexibility index (Phi) is 4.18. The van der Waals surface area contributed by atoms with Crippen LogP contribution in [0.4, 0.5) is 5.69 Å². The van der Waals surface area contributed by atoms with Gasteiger partial charge in [-0.2, -0.15) is 0 Å². The second-order valence-electron chi connectivity index (χ2n) is 3.81. The zero-order valence-electron chi connectivity index (χ0n) is 9.88. The van der Waals surface area contributed by atoms with E-state index in [0.29, 0.717) is 16.7 Å². The first-order valence-electron chi connectivity index (χ1n) is 5.44. The number of nitrogens with zero attached hydrogens (tertiary/aromatic N) is 1. The van der Waals surface area contributed by atoms with Crippen molar-refractivity contribution < 1.29 is 8.42 Å². The van der Waals surface area contributed by atoms with Gasteiger partial charge in [0.1, 0.15) is 0 Å². The maximum Gasteiger partial charge on any atom is 0.261 e. The summed E-state index contributed by atoms with van der Waals surface area (Å²) >= 11 is 3.24. The van der Waals surface area contributed by atoms with Crippen molar-refractivity contribution in [2.24, 2.45) is 5.73 Å². The van der Waals surface area contributed by atoms with Crippen molar-refractivity contribution >= 4 is 31.6 Å². The maximum atomic E-state index is 12.2. The molecule has 0 spiro atoms. The van der Waals surface area contributed by atoms with Crippen molar-refractivity contribution in [3.05, 3.63) is 52.8 Å². The normalized spacial score (nSPS) is 11.3. The molecule has 5 nitrogen and oxygen atoms in total. The summed E-state index contributed by atoms with van der Waals surface area (Å²) in [5.41, 5.74) is 6.71. The number of rotatable bonds is 4. The van der Waals surface area contributed by atoms with Crippen LogP contribution in [0.2, 0.25) is 0 Å². The highest BCUT2D eigenvalue weighted by atomic mass is 79.9. The number of hydrogen-bond acceptors (Lipinski definition) is 4. The number of benzene rings is 1. The number of hydrogen-bond donors (Lipinski definition) is 2. The Morgan fingerprint density at radius 2 is 2.11 bits per heavy atom. The summed E-state index contributed by atoms with van der Waals surface area (Å²) in [5, 5.41) is 0. The summed E-state index contributed by atoms with van der Waals surface area (Å²) in [7, 11) is -3.63. The average Bonchev–Trinajstić information content (AvgIpc) is 2.41. The Morgan fingerprint density at radius 3 is 2.79 bits per heavy atom. The van der Waals surface area contributed by atoms with E-state index >= 15 is 0 Å². The number of aromatic nitrogens is 1. The molecule has 0 amide bonds. The van der Waals surface area contributed by atoms with Crippen molar-refractivity contribution in [1.29, 1.82) is 0 Å². The summed E-state index contributed by atoms with van der Waals surface area (Å²) in [5.74, 6) is 0. The highest BCUT2D eigenvalue weighted by Crippen LogP contribution is 2.23. The number of halogens is 1. The van der Waals surface area contributed by atoms with E-state index in [1.807, 2.05) is 0 Å². The standard InChI is InChI=1S/C12H12BrN3O2S/c13-11-8-15-5-4-12(11)16-19(17,18)10-3-1-2-9(6-10)7-14/h1-6,8H,7,14H2,(H,15,16). The van der Waals surface area contributed by atoms with Crippen LogP contribution in [0.5, 0.6) is 0 Å². The number of sulfonamides is 1. The van der Waals surface area contributed by atoms with Gasteiger partial charge >= 0.3 is 0 Å². The van der Waals surface area contributed by atoms with Gasteiger partial charge in [0.05, 0.1) is 15.1 Å². The first kappa shape index (κ1) is 14.0. The van der Waals surface area contributed by atoms with Crippen LogP contribution in [-0.2, 0) is 16.6 Å². The van der Waals surface area contributed by atoms with E-state index in [9.17, 15) is 8.42 Å². The van der Waals surface area contributed by atoms with Crippen LogP contribution in [-0.4, -0.2) is 13.4 Å². The van der Waals surface area contributed by atoms with Gasteiger partial charge in [-0.05, 0) is 39.7 Å². The lowest BCUT2D eigenvalue weighted by Gasteiger charge is -2.10. The quantitative estimate of drug-likeness (QED) is 0.891.